The second-order valence-corrected chi connectivity index (χ2v) is 9.40. The van der Waals surface area contributed by atoms with Crippen LogP contribution in [0, 0.1) is 0 Å². The second kappa shape index (κ2) is 9.75. The number of hydrogen-bond acceptors (Lipinski definition) is 2. The van der Waals surface area contributed by atoms with Gasteiger partial charge in [0.05, 0.1) is 12.2 Å². The SMILES string of the molecule is CC(C)c1ccc(C[NH+]2CC[NH+](CC(=O)Nc3ccnn3C3CCCC3)CC2)cc1. The zero-order valence-electron chi connectivity index (χ0n) is 18.5. The van der Waals surface area contributed by atoms with Crippen LogP contribution in [-0.2, 0) is 11.3 Å². The molecule has 1 aliphatic heterocycles. The molecule has 0 bridgehead atoms. The lowest BCUT2D eigenvalue weighted by atomic mass is 10.0. The van der Waals surface area contributed by atoms with Gasteiger partial charge in [-0.05, 0) is 24.3 Å². The molecule has 1 aromatic heterocycles. The maximum Gasteiger partial charge on any atom is 0.280 e. The molecule has 1 aromatic carbocycles. The number of benzene rings is 1. The number of carbonyl (C=O) groups is 1. The van der Waals surface area contributed by atoms with Crippen molar-refractivity contribution in [2.75, 3.05) is 38.0 Å². The van der Waals surface area contributed by atoms with Crippen LogP contribution in [0.4, 0.5) is 5.82 Å². The summed E-state index contributed by atoms with van der Waals surface area (Å²) in [5.74, 6) is 1.55. The topological polar surface area (TPSA) is 55.8 Å². The summed E-state index contributed by atoms with van der Waals surface area (Å²) in [7, 11) is 0. The number of hydrogen-bond donors (Lipinski definition) is 3. The summed E-state index contributed by atoms with van der Waals surface area (Å²) in [4.78, 5) is 15.6. The number of nitrogens with zero attached hydrogens (tertiary/aromatic N) is 2. The summed E-state index contributed by atoms with van der Waals surface area (Å²) >= 11 is 0. The fourth-order valence-corrected chi connectivity index (χ4v) is 4.89. The second-order valence-electron chi connectivity index (χ2n) is 9.40. The Balaban J connectivity index is 1.22. The van der Waals surface area contributed by atoms with Gasteiger partial charge in [-0.2, -0.15) is 5.10 Å². The molecule has 0 unspecified atom stereocenters. The van der Waals surface area contributed by atoms with Crippen molar-refractivity contribution in [3.05, 3.63) is 47.7 Å². The molecule has 30 heavy (non-hydrogen) atoms. The van der Waals surface area contributed by atoms with E-state index in [1.807, 2.05) is 10.7 Å². The first-order valence-electron chi connectivity index (χ1n) is 11.7. The standard InChI is InChI=1S/C24H35N5O/c1-19(2)21-9-7-20(8-10-21)17-27-13-15-28(16-14-27)18-24(30)26-23-11-12-25-29(23)22-5-3-4-6-22/h7-12,19,22H,3-6,13-18H2,1-2H3,(H,26,30)/p+2. The number of aromatic nitrogens is 2. The lowest BCUT2D eigenvalue weighted by Crippen LogP contribution is -3.28. The molecule has 1 amide bonds. The minimum Gasteiger partial charge on any atom is -0.322 e. The zero-order chi connectivity index (χ0) is 20.9. The number of quaternary nitrogens is 2. The summed E-state index contributed by atoms with van der Waals surface area (Å²) < 4.78 is 2.02. The maximum atomic E-state index is 12.6. The van der Waals surface area contributed by atoms with E-state index >= 15 is 0 Å². The Morgan fingerprint density at radius 3 is 2.40 bits per heavy atom. The molecule has 2 heterocycles. The predicted octanol–water partition coefficient (Wildman–Crippen LogP) is 1.04. The van der Waals surface area contributed by atoms with Gasteiger partial charge in [-0.15, -0.1) is 0 Å². The van der Waals surface area contributed by atoms with Crippen molar-refractivity contribution in [1.29, 1.82) is 0 Å². The van der Waals surface area contributed by atoms with E-state index in [9.17, 15) is 4.79 Å². The largest absolute Gasteiger partial charge is 0.322 e. The van der Waals surface area contributed by atoms with Crippen LogP contribution >= 0.6 is 0 Å². The van der Waals surface area contributed by atoms with E-state index < -0.39 is 0 Å². The van der Waals surface area contributed by atoms with Crippen LogP contribution < -0.4 is 15.1 Å². The molecule has 0 spiro atoms. The van der Waals surface area contributed by atoms with Gasteiger partial charge in [0.25, 0.3) is 5.91 Å². The normalized spacial score (nSPS) is 22.5. The summed E-state index contributed by atoms with van der Waals surface area (Å²) in [6.45, 7) is 10.4. The van der Waals surface area contributed by atoms with E-state index in [0.29, 0.717) is 18.5 Å². The molecule has 1 aliphatic carbocycles. The molecule has 0 radical (unpaired) electrons. The third-order valence-electron chi connectivity index (χ3n) is 6.78. The molecule has 6 nitrogen and oxygen atoms in total. The van der Waals surface area contributed by atoms with Gasteiger partial charge in [-0.1, -0.05) is 51.0 Å². The molecule has 2 fully saturated rings. The van der Waals surface area contributed by atoms with Gasteiger partial charge < -0.3 is 15.1 Å². The van der Waals surface area contributed by atoms with Crippen LogP contribution in [-0.4, -0.2) is 48.4 Å². The first-order chi connectivity index (χ1) is 14.6. The van der Waals surface area contributed by atoms with Crippen LogP contribution in [0.3, 0.4) is 0 Å². The average molecular weight is 412 g/mol. The summed E-state index contributed by atoms with van der Waals surface area (Å²) in [5, 5.41) is 7.57. The van der Waals surface area contributed by atoms with Crippen LogP contribution in [0.2, 0.25) is 0 Å². The van der Waals surface area contributed by atoms with Gasteiger partial charge in [-0.3, -0.25) is 4.79 Å². The van der Waals surface area contributed by atoms with Crippen molar-refractivity contribution in [2.45, 2.75) is 58.0 Å². The Labute approximate surface area is 180 Å². The van der Waals surface area contributed by atoms with Gasteiger partial charge in [-0.25, -0.2) is 4.68 Å². The van der Waals surface area contributed by atoms with E-state index in [-0.39, 0.29) is 5.91 Å². The summed E-state index contributed by atoms with van der Waals surface area (Å²) in [6.07, 6.45) is 6.66. The lowest BCUT2D eigenvalue weighted by Gasteiger charge is -2.29. The van der Waals surface area contributed by atoms with Crippen molar-refractivity contribution in [1.82, 2.24) is 9.78 Å². The molecule has 1 saturated heterocycles. The van der Waals surface area contributed by atoms with Gasteiger partial charge in [0.15, 0.2) is 6.54 Å². The molecule has 3 N–H and O–H groups in total. The smallest absolute Gasteiger partial charge is 0.280 e. The molecule has 6 heteroatoms. The Morgan fingerprint density at radius 1 is 1.07 bits per heavy atom. The van der Waals surface area contributed by atoms with E-state index in [1.54, 1.807) is 11.1 Å². The van der Waals surface area contributed by atoms with E-state index in [4.69, 9.17) is 0 Å². The molecular weight excluding hydrogens is 374 g/mol. The number of nitrogens with one attached hydrogen (secondary N) is 3. The van der Waals surface area contributed by atoms with Crippen molar-refractivity contribution in [2.24, 2.45) is 0 Å². The minimum atomic E-state index is 0.109. The summed E-state index contributed by atoms with van der Waals surface area (Å²) in [5.41, 5.74) is 2.82. The van der Waals surface area contributed by atoms with Crippen molar-refractivity contribution in [3.63, 3.8) is 0 Å². The molecule has 2 aromatic rings. The quantitative estimate of drug-likeness (QED) is 0.638. The Morgan fingerprint density at radius 2 is 1.73 bits per heavy atom. The highest BCUT2D eigenvalue weighted by molar-refractivity contribution is 5.90. The van der Waals surface area contributed by atoms with Crippen LogP contribution in [0.15, 0.2) is 36.5 Å². The number of anilines is 1. The van der Waals surface area contributed by atoms with Crippen LogP contribution in [0.25, 0.3) is 0 Å². The highest BCUT2D eigenvalue weighted by Gasteiger charge is 2.26. The van der Waals surface area contributed by atoms with Gasteiger partial charge in [0.1, 0.15) is 38.5 Å². The molecule has 0 atom stereocenters. The number of carbonyl (C=O) groups excluding carboxylic acids is 1. The van der Waals surface area contributed by atoms with E-state index in [1.165, 1.54) is 41.7 Å². The number of rotatable bonds is 7. The Bertz CT molecular complexity index is 814. The van der Waals surface area contributed by atoms with Gasteiger partial charge >= 0.3 is 0 Å². The monoisotopic (exact) mass is 411 g/mol. The van der Waals surface area contributed by atoms with E-state index in [0.717, 1.165) is 38.5 Å². The summed E-state index contributed by atoms with van der Waals surface area (Å²) in [6, 6.07) is 11.5. The van der Waals surface area contributed by atoms with E-state index in [2.05, 4.69) is 48.5 Å². The fourth-order valence-electron chi connectivity index (χ4n) is 4.89. The van der Waals surface area contributed by atoms with Gasteiger partial charge in [0, 0.05) is 11.6 Å². The van der Waals surface area contributed by atoms with Crippen molar-refractivity contribution < 1.29 is 14.6 Å². The Hall–Kier alpha value is -2.18. The van der Waals surface area contributed by atoms with Crippen molar-refractivity contribution >= 4 is 11.7 Å². The third-order valence-corrected chi connectivity index (χ3v) is 6.78. The molecular formula is C24H37N5O+2. The zero-order valence-corrected chi connectivity index (χ0v) is 18.5. The van der Waals surface area contributed by atoms with Crippen LogP contribution in [0.5, 0.6) is 0 Å². The average Bonchev–Trinajstić information content (AvgIpc) is 3.41. The third kappa shape index (κ3) is 5.29. The Kier molecular flexibility index (Phi) is 6.85. The highest BCUT2D eigenvalue weighted by Crippen LogP contribution is 2.31. The van der Waals surface area contributed by atoms with Crippen LogP contribution in [0.1, 0.15) is 62.6 Å². The maximum absolute atomic E-state index is 12.6. The highest BCUT2D eigenvalue weighted by atomic mass is 16.2. The first-order valence-corrected chi connectivity index (χ1v) is 11.7. The fraction of sp³-hybridized carbons (Fsp3) is 0.583. The lowest BCUT2D eigenvalue weighted by molar-refractivity contribution is -1.02. The first kappa shape index (κ1) is 21.1. The minimum absolute atomic E-state index is 0.109. The molecule has 2 aliphatic rings. The van der Waals surface area contributed by atoms with Gasteiger partial charge in [0.2, 0.25) is 0 Å². The molecule has 162 valence electrons. The van der Waals surface area contributed by atoms with Crippen molar-refractivity contribution in [3.8, 4) is 0 Å². The predicted molar refractivity (Wildman–Crippen MR) is 119 cm³/mol. The molecule has 1 saturated carbocycles. The molecule has 4 rings (SSSR count). The number of amides is 1. The number of piperazine rings is 1.